The van der Waals surface area contributed by atoms with Crippen LogP contribution >= 0.6 is 0 Å². The van der Waals surface area contributed by atoms with Gasteiger partial charge in [-0.15, -0.1) is 0 Å². The third-order valence-corrected chi connectivity index (χ3v) is 3.84. The van der Waals surface area contributed by atoms with Crippen molar-refractivity contribution in [2.75, 3.05) is 0 Å². The molecule has 1 heterocycles. The third-order valence-electron chi connectivity index (χ3n) is 3.84. The molecule has 1 fully saturated rings. The summed E-state index contributed by atoms with van der Waals surface area (Å²) in [4.78, 5) is 34.0. The number of carbonyl (C=O) groups excluding carboxylic acids is 2. The second-order valence-corrected chi connectivity index (χ2v) is 5.34. The van der Waals surface area contributed by atoms with E-state index >= 15 is 0 Å². The predicted molar refractivity (Wildman–Crippen MR) is 70.7 cm³/mol. The molecule has 1 aliphatic heterocycles. The van der Waals surface area contributed by atoms with E-state index in [0.717, 1.165) is 0 Å². The van der Waals surface area contributed by atoms with Crippen molar-refractivity contribution in [3.8, 4) is 0 Å². The van der Waals surface area contributed by atoms with Crippen molar-refractivity contribution in [2.24, 2.45) is 17.6 Å². The Morgan fingerprint density at radius 2 is 1.85 bits per heavy atom. The second kappa shape index (κ2) is 6.69. The molecule has 5 unspecified atom stereocenters. The number of carbonyl (C=O) groups is 3. The van der Waals surface area contributed by atoms with Gasteiger partial charge in [-0.1, -0.05) is 6.92 Å². The summed E-state index contributed by atoms with van der Waals surface area (Å²) in [5, 5.41) is 11.5. The van der Waals surface area contributed by atoms with E-state index in [4.69, 9.17) is 15.6 Å². The van der Waals surface area contributed by atoms with Gasteiger partial charge in [0.25, 0.3) is 0 Å². The fraction of sp³-hybridized carbons (Fsp3) is 0.769. The summed E-state index contributed by atoms with van der Waals surface area (Å²) in [5.41, 5.74) is 4.99. The summed E-state index contributed by atoms with van der Waals surface area (Å²) in [5.74, 6) is -2.50. The van der Waals surface area contributed by atoms with E-state index in [9.17, 15) is 14.4 Å². The predicted octanol–water partition coefficient (Wildman–Crippen LogP) is -0.119. The number of hydrogen-bond donors (Lipinski definition) is 3. The molecule has 0 aromatic heterocycles. The molecule has 0 aliphatic carbocycles. The summed E-state index contributed by atoms with van der Waals surface area (Å²) in [6, 6.07) is -1.11. The van der Waals surface area contributed by atoms with Crippen LogP contribution in [-0.4, -0.2) is 41.1 Å². The molecule has 7 nitrogen and oxygen atoms in total. The van der Waals surface area contributed by atoms with Gasteiger partial charge in [0.1, 0.15) is 6.04 Å². The lowest BCUT2D eigenvalue weighted by molar-refractivity contribution is -0.143. The van der Waals surface area contributed by atoms with E-state index in [1.807, 2.05) is 13.8 Å². The lowest BCUT2D eigenvalue weighted by Gasteiger charge is -2.21. The Labute approximate surface area is 117 Å². The molecule has 7 heteroatoms. The number of carboxylic acid groups (broad SMARTS) is 1. The quantitative estimate of drug-likeness (QED) is 0.629. The number of nitrogens with one attached hydrogen (secondary N) is 1. The van der Waals surface area contributed by atoms with E-state index in [0.29, 0.717) is 0 Å². The zero-order valence-corrected chi connectivity index (χ0v) is 12.0. The molecular weight excluding hydrogens is 264 g/mol. The van der Waals surface area contributed by atoms with Gasteiger partial charge < -0.3 is 20.9 Å². The maximum Gasteiger partial charge on any atom is 0.326 e. The number of primary amides is 1. The Morgan fingerprint density at radius 3 is 2.25 bits per heavy atom. The molecule has 0 aromatic rings. The van der Waals surface area contributed by atoms with Gasteiger partial charge in [0.05, 0.1) is 18.1 Å². The van der Waals surface area contributed by atoms with Crippen molar-refractivity contribution in [1.82, 2.24) is 5.32 Å². The number of carboxylic acids is 1. The van der Waals surface area contributed by atoms with Crippen LogP contribution in [0.5, 0.6) is 0 Å². The number of hydrogen-bond acceptors (Lipinski definition) is 4. The lowest BCUT2D eigenvalue weighted by Crippen LogP contribution is -2.46. The van der Waals surface area contributed by atoms with Gasteiger partial charge in [-0.25, -0.2) is 4.79 Å². The minimum Gasteiger partial charge on any atom is -0.480 e. The minimum atomic E-state index is -1.17. The van der Waals surface area contributed by atoms with Crippen molar-refractivity contribution < 1.29 is 24.2 Å². The maximum atomic E-state index is 12.2. The SMILES string of the molecule is CC1OC(C)C(C(=O)NC(CCC(N)=O)C(=O)O)C1C. The summed E-state index contributed by atoms with van der Waals surface area (Å²) in [7, 11) is 0. The van der Waals surface area contributed by atoms with E-state index < -0.39 is 17.9 Å². The summed E-state index contributed by atoms with van der Waals surface area (Å²) >= 11 is 0. The van der Waals surface area contributed by atoms with Gasteiger partial charge in [0.2, 0.25) is 11.8 Å². The number of nitrogens with two attached hydrogens (primary N) is 1. The van der Waals surface area contributed by atoms with Gasteiger partial charge >= 0.3 is 5.97 Å². The normalized spacial score (nSPS) is 30.8. The maximum absolute atomic E-state index is 12.2. The Hall–Kier alpha value is -1.63. The molecule has 4 N–H and O–H groups in total. The largest absolute Gasteiger partial charge is 0.480 e. The first-order valence-electron chi connectivity index (χ1n) is 6.71. The fourth-order valence-corrected chi connectivity index (χ4v) is 2.53. The molecular formula is C13H22N2O5. The summed E-state index contributed by atoms with van der Waals surface area (Å²) in [6.07, 6.45) is -0.400. The van der Waals surface area contributed by atoms with Crippen LogP contribution in [0, 0.1) is 11.8 Å². The monoisotopic (exact) mass is 286 g/mol. The molecule has 0 radical (unpaired) electrons. The zero-order valence-electron chi connectivity index (χ0n) is 12.0. The first-order valence-corrected chi connectivity index (χ1v) is 6.71. The van der Waals surface area contributed by atoms with E-state index in [1.165, 1.54) is 0 Å². The molecule has 0 bridgehead atoms. The Balaban J connectivity index is 2.66. The minimum absolute atomic E-state index is 0.00980. The van der Waals surface area contributed by atoms with Crippen molar-refractivity contribution in [1.29, 1.82) is 0 Å². The van der Waals surface area contributed by atoms with Crippen LogP contribution in [0.4, 0.5) is 0 Å². The van der Waals surface area contributed by atoms with Crippen LogP contribution in [0.3, 0.4) is 0 Å². The average molecular weight is 286 g/mol. The number of aliphatic carboxylic acids is 1. The highest BCUT2D eigenvalue weighted by molar-refractivity contribution is 5.86. The molecule has 0 spiro atoms. The molecule has 1 aliphatic rings. The van der Waals surface area contributed by atoms with E-state index in [1.54, 1.807) is 6.92 Å². The van der Waals surface area contributed by atoms with E-state index in [-0.39, 0.29) is 42.8 Å². The highest BCUT2D eigenvalue weighted by atomic mass is 16.5. The molecule has 0 saturated carbocycles. The molecule has 0 aromatic carbocycles. The van der Waals surface area contributed by atoms with Crippen LogP contribution < -0.4 is 11.1 Å². The van der Waals surface area contributed by atoms with Crippen molar-refractivity contribution in [3.05, 3.63) is 0 Å². The topological polar surface area (TPSA) is 119 Å². The zero-order chi connectivity index (χ0) is 15.4. The number of ether oxygens (including phenoxy) is 1. The molecule has 5 atom stereocenters. The molecule has 114 valence electrons. The first kappa shape index (κ1) is 16.4. The van der Waals surface area contributed by atoms with Gasteiger partial charge in [0, 0.05) is 6.42 Å². The number of amides is 2. The molecule has 2 amide bonds. The van der Waals surface area contributed by atoms with Crippen LogP contribution in [0.25, 0.3) is 0 Å². The van der Waals surface area contributed by atoms with Gasteiger partial charge in [-0.2, -0.15) is 0 Å². The van der Waals surface area contributed by atoms with Crippen LogP contribution in [0.15, 0.2) is 0 Å². The van der Waals surface area contributed by atoms with Gasteiger partial charge in [0.15, 0.2) is 0 Å². The van der Waals surface area contributed by atoms with Crippen LogP contribution in [0.1, 0.15) is 33.6 Å². The van der Waals surface area contributed by atoms with Gasteiger partial charge in [-0.05, 0) is 26.2 Å². The Morgan fingerprint density at radius 1 is 1.25 bits per heavy atom. The summed E-state index contributed by atoms with van der Waals surface area (Å²) < 4.78 is 5.57. The standard InChI is InChI=1S/C13H22N2O5/c1-6-7(2)20-8(3)11(6)12(17)15-9(13(18)19)4-5-10(14)16/h6-9,11H,4-5H2,1-3H3,(H2,14,16)(H,15,17)(H,18,19). The smallest absolute Gasteiger partial charge is 0.326 e. The Kier molecular flexibility index (Phi) is 5.50. The fourth-order valence-electron chi connectivity index (χ4n) is 2.53. The summed E-state index contributed by atoms with van der Waals surface area (Å²) in [6.45, 7) is 5.58. The number of rotatable bonds is 6. The third kappa shape index (κ3) is 3.93. The highest BCUT2D eigenvalue weighted by Crippen LogP contribution is 2.32. The van der Waals surface area contributed by atoms with Crippen LogP contribution in [0.2, 0.25) is 0 Å². The van der Waals surface area contributed by atoms with Gasteiger partial charge in [-0.3, -0.25) is 9.59 Å². The highest BCUT2D eigenvalue weighted by Gasteiger charge is 2.42. The van der Waals surface area contributed by atoms with Crippen molar-refractivity contribution in [3.63, 3.8) is 0 Å². The van der Waals surface area contributed by atoms with E-state index in [2.05, 4.69) is 5.32 Å². The first-order chi connectivity index (χ1) is 9.23. The van der Waals surface area contributed by atoms with Crippen molar-refractivity contribution in [2.45, 2.75) is 51.9 Å². The van der Waals surface area contributed by atoms with Crippen LogP contribution in [-0.2, 0) is 19.1 Å². The Bertz CT molecular complexity index is 398. The second-order valence-electron chi connectivity index (χ2n) is 5.34. The molecule has 1 saturated heterocycles. The molecule has 20 heavy (non-hydrogen) atoms. The lowest BCUT2D eigenvalue weighted by atomic mass is 9.88. The molecule has 1 rings (SSSR count). The average Bonchev–Trinajstić information content (AvgIpc) is 2.58. The van der Waals surface area contributed by atoms with Crippen molar-refractivity contribution >= 4 is 17.8 Å².